The first-order valence-corrected chi connectivity index (χ1v) is 9.15. The first-order chi connectivity index (χ1) is 12.9. The van der Waals surface area contributed by atoms with Crippen LogP contribution >= 0.6 is 11.3 Å². The smallest absolute Gasteiger partial charge is 0.260 e. The third-order valence-electron chi connectivity index (χ3n) is 3.97. The maximum atomic E-state index is 13.8. The van der Waals surface area contributed by atoms with E-state index in [1.54, 1.807) is 43.5 Å². The summed E-state index contributed by atoms with van der Waals surface area (Å²) in [5, 5.41) is 7.52. The molecule has 0 saturated carbocycles. The minimum absolute atomic E-state index is 0.0376. The summed E-state index contributed by atoms with van der Waals surface area (Å²) in [5.41, 5.74) is 1.38. The fraction of sp³-hybridized carbons (Fsp3) is 0.211. The van der Waals surface area contributed by atoms with Gasteiger partial charge >= 0.3 is 0 Å². The number of hydrogen-bond donors (Lipinski definition) is 2. The van der Waals surface area contributed by atoms with Crippen molar-refractivity contribution in [2.75, 3.05) is 5.32 Å². The van der Waals surface area contributed by atoms with Gasteiger partial charge in [-0.2, -0.15) is 0 Å². The highest BCUT2D eigenvalue weighted by Crippen LogP contribution is 2.19. The second-order valence-corrected chi connectivity index (χ2v) is 6.83. The van der Waals surface area contributed by atoms with Crippen molar-refractivity contribution in [2.45, 2.75) is 26.3 Å². The highest BCUT2D eigenvalue weighted by atomic mass is 32.1. The molecule has 1 atom stereocenters. The van der Waals surface area contributed by atoms with Crippen molar-refractivity contribution in [3.63, 3.8) is 0 Å². The normalized spacial score (nSPS) is 11.8. The highest BCUT2D eigenvalue weighted by Gasteiger charge is 2.16. The van der Waals surface area contributed by atoms with Gasteiger partial charge in [0.25, 0.3) is 5.91 Å². The van der Waals surface area contributed by atoms with Crippen molar-refractivity contribution < 1.29 is 18.4 Å². The molecule has 27 heavy (non-hydrogen) atoms. The Hall–Kier alpha value is -3.00. The minimum Gasteiger partial charge on any atom is -0.469 e. The molecule has 0 saturated heterocycles. The lowest BCUT2D eigenvalue weighted by atomic mass is 10.1. The van der Waals surface area contributed by atoms with E-state index < -0.39 is 6.04 Å². The highest BCUT2D eigenvalue weighted by molar-refractivity contribution is 7.14. The summed E-state index contributed by atoms with van der Waals surface area (Å²) < 4.78 is 18.9. The molecule has 1 unspecified atom stereocenters. The summed E-state index contributed by atoms with van der Waals surface area (Å²) in [4.78, 5) is 28.6. The molecule has 1 aromatic carbocycles. The Morgan fingerprint density at radius 1 is 1.30 bits per heavy atom. The van der Waals surface area contributed by atoms with Crippen LogP contribution in [0.15, 0.2) is 46.4 Å². The molecule has 0 aliphatic heterocycles. The number of nitrogens with zero attached hydrogens (tertiary/aromatic N) is 1. The van der Waals surface area contributed by atoms with Crippen molar-refractivity contribution in [3.05, 3.63) is 70.4 Å². The Morgan fingerprint density at radius 3 is 2.78 bits per heavy atom. The van der Waals surface area contributed by atoms with Crippen LogP contribution in [0.5, 0.6) is 0 Å². The zero-order valence-corrected chi connectivity index (χ0v) is 15.6. The van der Waals surface area contributed by atoms with Gasteiger partial charge < -0.3 is 9.73 Å². The molecule has 0 radical (unpaired) electrons. The number of hydrogen-bond acceptors (Lipinski definition) is 5. The fourth-order valence-corrected chi connectivity index (χ4v) is 3.30. The van der Waals surface area contributed by atoms with Crippen LogP contribution in [0.4, 0.5) is 9.52 Å². The molecule has 2 heterocycles. The molecule has 3 rings (SSSR count). The lowest BCUT2D eigenvalue weighted by Gasteiger charge is -2.14. The first-order valence-electron chi connectivity index (χ1n) is 8.27. The molecule has 0 fully saturated rings. The molecular weight excluding hydrogens is 369 g/mol. The van der Waals surface area contributed by atoms with Crippen molar-refractivity contribution in [3.8, 4) is 0 Å². The van der Waals surface area contributed by atoms with E-state index in [-0.39, 0.29) is 24.1 Å². The standard InChI is InChI=1S/C19H18FN3O3S/c1-11(14-5-3-4-6-16(14)20)21-17(24)9-13-10-27-19(22-13)23-18(25)15-7-8-26-12(15)2/h3-8,10-11H,9H2,1-2H3,(H,21,24)(H,22,23,25). The number of carbonyl (C=O) groups is 2. The van der Waals surface area contributed by atoms with E-state index in [1.165, 1.54) is 23.7 Å². The predicted molar refractivity (Wildman–Crippen MR) is 100 cm³/mol. The van der Waals surface area contributed by atoms with Crippen molar-refractivity contribution >= 4 is 28.3 Å². The number of halogens is 1. The molecule has 3 aromatic rings. The van der Waals surface area contributed by atoms with Crippen LogP contribution in [-0.4, -0.2) is 16.8 Å². The van der Waals surface area contributed by atoms with Crippen LogP contribution in [0.1, 0.15) is 40.3 Å². The summed E-state index contributed by atoms with van der Waals surface area (Å²) in [7, 11) is 0. The average Bonchev–Trinajstić information content (AvgIpc) is 3.23. The second kappa shape index (κ2) is 8.13. The van der Waals surface area contributed by atoms with Gasteiger partial charge in [0.05, 0.1) is 30.0 Å². The average molecular weight is 387 g/mol. The maximum absolute atomic E-state index is 13.8. The fourth-order valence-electron chi connectivity index (χ4n) is 2.59. The van der Waals surface area contributed by atoms with Gasteiger partial charge in [0, 0.05) is 10.9 Å². The molecule has 2 amide bonds. The number of aromatic nitrogens is 1. The Balaban J connectivity index is 1.57. The number of aryl methyl sites for hydroxylation is 1. The first kappa shape index (κ1) is 18.8. The van der Waals surface area contributed by atoms with Crippen LogP contribution in [0, 0.1) is 12.7 Å². The third kappa shape index (κ3) is 4.59. The molecular formula is C19H18FN3O3S. The maximum Gasteiger partial charge on any atom is 0.260 e. The van der Waals surface area contributed by atoms with Gasteiger partial charge in [-0.3, -0.25) is 14.9 Å². The predicted octanol–water partition coefficient (Wildman–Crippen LogP) is 3.86. The number of thiazole rings is 1. The number of rotatable bonds is 6. The molecule has 0 aliphatic rings. The van der Waals surface area contributed by atoms with E-state index in [9.17, 15) is 14.0 Å². The van der Waals surface area contributed by atoms with Crippen molar-refractivity contribution in [1.82, 2.24) is 10.3 Å². The number of furan rings is 1. The summed E-state index contributed by atoms with van der Waals surface area (Å²) >= 11 is 1.23. The van der Waals surface area contributed by atoms with Crippen LogP contribution in [0.2, 0.25) is 0 Å². The largest absolute Gasteiger partial charge is 0.469 e. The Kier molecular flexibility index (Phi) is 5.66. The Bertz CT molecular complexity index is 967. The number of anilines is 1. The third-order valence-corrected chi connectivity index (χ3v) is 4.77. The van der Waals surface area contributed by atoms with Crippen molar-refractivity contribution in [2.24, 2.45) is 0 Å². The van der Waals surface area contributed by atoms with E-state index in [0.717, 1.165) is 0 Å². The summed E-state index contributed by atoms with van der Waals surface area (Å²) in [6, 6.07) is 7.43. The minimum atomic E-state index is -0.458. The molecule has 2 aromatic heterocycles. The molecule has 140 valence electrons. The van der Waals surface area contributed by atoms with Gasteiger partial charge in [-0.05, 0) is 26.0 Å². The van der Waals surface area contributed by atoms with Gasteiger partial charge in [0.15, 0.2) is 5.13 Å². The van der Waals surface area contributed by atoms with Crippen LogP contribution in [0.3, 0.4) is 0 Å². The van der Waals surface area contributed by atoms with E-state index >= 15 is 0 Å². The van der Waals surface area contributed by atoms with Gasteiger partial charge in [-0.1, -0.05) is 18.2 Å². The van der Waals surface area contributed by atoms with Crippen molar-refractivity contribution in [1.29, 1.82) is 0 Å². The van der Waals surface area contributed by atoms with Gasteiger partial charge in [0.1, 0.15) is 11.6 Å². The number of benzene rings is 1. The van der Waals surface area contributed by atoms with E-state index in [1.807, 2.05) is 0 Å². The van der Waals surface area contributed by atoms with E-state index in [0.29, 0.717) is 27.7 Å². The summed E-state index contributed by atoms with van der Waals surface area (Å²) in [6.07, 6.45) is 1.48. The van der Waals surface area contributed by atoms with Crippen LogP contribution in [-0.2, 0) is 11.2 Å². The zero-order chi connectivity index (χ0) is 19.4. The number of amides is 2. The summed E-state index contributed by atoms with van der Waals surface area (Å²) in [6.45, 7) is 3.42. The Morgan fingerprint density at radius 2 is 2.07 bits per heavy atom. The van der Waals surface area contributed by atoms with E-state index in [2.05, 4.69) is 15.6 Å². The van der Waals surface area contributed by atoms with Gasteiger partial charge in [0.2, 0.25) is 5.91 Å². The molecule has 0 bridgehead atoms. The lowest BCUT2D eigenvalue weighted by molar-refractivity contribution is -0.121. The van der Waals surface area contributed by atoms with E-state index in [4.69, 9.17) is 4.42 Å². The number of nitrogens with one attached hydrogen (secondary N) is 2. The quantitative estimate of drug-likeness (QED) is 0.673. The Labute approximate surface area is 159 Å². The monoisotopic (exact) mass is 387 g/mol. The molecule has 8 heteroatoms. The molecule has 6 nitrogen and oxygen atoms in total. The molecule has 0 spiro atoms. The topological polar surface area (TPSA) is 84.2 Å². The van der Waals surface area contributed by atoms with Crippen LogP contribution in [0.25, 0.3) is 0 Å². The SMILES string of the molecule is Cc1occc1C(=O)Nc1nc(CC(=O)NC(C)c2ccccc2F)cs1. The second-order valence-electron chi connectivity index (χ2n) is 5.98. The zero-order valence-electron chi connectivity index (χ0n) is 14.8. The number of carbonyl (C=O) groups excluding carboxylic acids is 2. The molecule has 0 aliphatic carbocycles. The molecule has 2 N–H and O–H groups in total. The van der Waals surface area contributed by atoms with Gasteiger partial charge in [-0.15, -0.1) is 11.3 Å². The van der Waals surface area contributed by atoms with Crippen LogP contribution < -0.4 is 10.6 Å². The lowest BCUT2D eigenvalue weighted by Crippen LogP contribution is -2.28. The summed E-state index contributed by atoms with van der Waals surface area (Å²) in [5.74, 6) is -0.441. The van der Waals surface area contributed by atoms with Gasteiger partial charge in [-0.25, -0.2) is 9.37 Å².